The van der Waals surface area contributed by atoms with E-state index < -0.39 is 0 Å². The van der Waals surface area contributed by atoms with Crippen LogP contribution in [-0.4, -0.2) is 31.4 Å². The first-order chi connectivity index (χ1) is 10.1. The Morgan fingerprint density at radius 3 is 1.41 bits per heavy atom. The first kappa shape index (κ1) is 22.3. The molecular formula is C18H34B4. The molecule has 0 spiro atoms. The van der Waals surface area contributed by atoms with Gasteiger partial charge in [-0.2, -0.15) is 0 Å². The fourth-order valence-electron chi connectivity index (χ4n) is 3.30. The molecule has 0 fully saturated rings. The molecule has 22 heavy (non-hydrogen) atoms. The van der Waals surface area contributed by atoms with Crippen LogP contribution in [0.15, 0.2) is 0 Å². The highest BCUT2D eigenvalue weighted by Gasteiger charge is 2.32. The molecule has 0 rings (SSSR count). The standard InChI is InChI=1S/C18H34B4/c1-8-10(2)16(20)13(5)14(6)18(22)15(7)17(21)12(4)11(3)9-19/h10-18H,8-9H2,1-7H3. The van der Waals surface area contributed by atoms with Crippen molar-refractivity contribution in [3.05, 3.63) is 0 Å². The molecule has 0 aliphatic carbocycles. The molecule has 0 saturated heterocycles. The van der Waals surface area contributed by atoms with Crippen molar-refractivity contribution >= 4 is 31.4 Å². The van der Waals surface area contributed by atoms with Gasteiger partial charge in [0, 0.05) is 0 Å². The summed E-state index contributed by atoms with van der Waals surface area (Å²) in [6.45, 7) is 15.4. The maximum absolute atomic E-state index is 6.55. The fourth-order valence-corrected chi connectivity index (χ4v) is 3.30. The predicted octanol–water partition coefficient (Wildman–Crippen LogP) is 4.67. The summed E-state index contributed by atoms with van der Waals surface area (Å²) >= 11 is 0. The molecule has 0 amide bonds. The number of rotatable bonds is 10. The number of hydrogen-bond acceptors (Lipinski definition) is 0. The summed E-state index contributed by atoms with van der Waals surface area (Å²) in [6.07, 6.45) is 1.77. The minimum absolute atomic E-state index is 0.0625. The Morgan fingerprint density at radius 2 is 1.00 bits per heavy atom. The number of hydrogen-bond donors (Lipinski definition) is 0. The molecule has 0 nitrogen and oxygen atoms in total. The van der Waals surface area contributed by atoms with Crippen LogP contribution in [-0.2, 0) is 0 Å². The zero-order valence-corrected chi connectivity index (χ0v) is 15.9. The zero-order valence-electron chi connectivity index (χ0n) is 15.9. The van der Waals surface area contributed by atoms with Gasteiger partial charge in [0.25, 0.3) is 0 Å². The lowest BCUT2D eigenvalue weighted by molar-refractivity contribution is 0.240. The van der Waals surface area contributed by atoms with Crippen molar-refractivity contribution in [1.82, 2.24) is 0 Å². The van der Waals surface area contributed by atoms with Crippen LogP contribution in [0.25, 0.3) is 0 Å². The highest BCUT2D eigenvalue weighted by Crippen LogP contribution is 2.44. The molecule has 9 unspecified atom stereocenters. The second-order valence-corrected chi connectivity index (χ2v) is 7.77. The third-order valence-electron chi connectivity index (χ3n) is 6.44. The highest BCUT2D eigenvalue weighted by molar-refractivity contribution is 6.15. The van der Waals surface area contributed by atoms with Crippen molar-refractivity contribution in [2.24, 2.45) is 35.5 Å². The van der Waals surface area contributed by atoms with Gasteiger partial charge in [-0.15, -0.1) is 0 Å². The van der Waals surface area contributed by atoms with Crippen molar-refractivity contribution in [1.29, 1.82) is 0 Å². The maximum Gasteiger partial charge on any atom is 0.0706 e. The Labute approximate surface area is 146 Å². The quantitative estimate of drug-likeness (QED) is 0.513. The zero-order chi connectivity index (χ0) is 17.6. The van der Waals surface area contributed by atoms with E-state index in [0.717, 1.165) is 6.42 Å². The van der Waals surface area contributed by atoms with E-state index in [4.69, 9.17) is 31.4 Å². The van der Waals surface area contributed by atoms with Crippen LogP contribution in [0.5, 0.6) is 0 Å². The summed E-state index contributed by atoms with van der Waals surface area (Å²) in [4.78, 5) is 0. The van der Waals surface area contributed by atoms with Gasteiger partial charge < -0.3 is 0 Å². The minimum Gasteiger partial charge on any atom is -0.0859 e. The predicted molar refractivity (Wildman–Crippen MR) is 104 cm³/mol. The van der Waals surface area contributed by atoms with Crippen molar-refractivity contribution in [3.8, 4) is 0 Å². The lowest BCUT2D eigenvalue weighted by atomic mass is 9.52. The lowest BCUT2D eigenvalue weighted by Gasteiger charge is -2.41. The van der Waals surface area contributed by atoms with Crippen molar-refractivity contribution in [2.45, 2.75) is 78.7 Å². The van der Waals surface area contributed by atoms with Gasteiger partial charge in [-0.1, -0.05) is 84.6 Å². The van der Waals surface area contributed by atoms with E-state index in [1.807, 2.05) is 0 Å². The van der Waals surface area contributed by atoms with Gasteiger partial charge in [-0.3, -0.25) is 0 Å². The second-order valence-electron chi connectivity index (χ2n) is 7.77. The van der Waals surface area contributed by atoms with Gasteiger partial charge in [0.05, 0.1) is 31.4 Å². The maximum atomic E-state index is 6.55. The van der Waals surface area contributed by atoms with Crippen LogP contribution in [0, 0.1) is 35.5 Å². The largest absolute Gasteiger partial charge is 0.0859 e. The summed E-state index contributed by atoms with van der Waals surface area (Å²) < 4.78 is 0. The topological polar surface area (TPSA) is 0 Å². The van der Waals surface area contributed by atoms with E-state index in [1.165, 1.54) is 0 Å². The Bertz CT molecular complexity index is 269. The van der Waals surface area contributed by atoms with E-state index in [2.05, 4.69) is 48.5 Å². The summed E-state index contributed by atoms with van der Waals surface area (Å²) in [6, 6.07) is 0. The molecule has 0 saturated carbocycles. The van der Waals surface area contributed by atoms with Gasteiger partial charge in [0.2, 0.25) is 0 Å². The Morgan fingerprint density at radius 1 is 0.591 bits per heavy atom. The molecule has 8 radical (unpaired) electrons. The Hall–Kier alpha value is 0.260. The van der Waals surface area contributed by atoms with Crippen LogP contribution in [0.3, 0.4) is 0 Å². The highest BCUT2D eigenvalue weighted by atomic mass is 14.3. The molecule has 0 aliphatic rings. The third kappa shape index (κ3) is 5.72. The van der Waals surface area contributed by atoms with E-state index in [1.54, 1.807) is 0 Å². The Balaban J connectivity index is 4.82. The van der Waals surface area contributed by atoms with Gasteiger partial charge in [-0.05, 0) is 29.6 Å². The molecule has 9 atom stereocenters. The van der Waals surface area contributed by atoms with Crippen LogP contribution >= 0.6 is 0 Å². The molecule has 0 aromatic carbocycles. The van der Waals surface area contributed by atoms with E-state index >= 15 is 0 Å². The van der Waals surface area contributed by atoms with E-state index in [9.17, 15) is 0 Å². The average Bonchev–Trinajstić information content (AvgIpc) is 2.55. The van der Waals surface area contributed by atoms with Gasteiger partial charge >= 0.3 is 0 Å². The summed E-state index contributed by atoms with van der Waals surface area (Å²) in [5.74, 6) is 2.63. The van der Waals surface area contributed by atoms with Crippen LogP contribution in [0.4, 0.5) is 0 Å². The average molecular weight is 294 g/mol. The molecular weight excluding hydrogens is 259 g/mol. The molecule has 0 heterocycles. The summed E-state index contributed by atoms with van der Waals surface area (Å²) in [5, 5.41) is 0. The second kappa shape index (κ2) is 10.2. The SMILES string of the molecule is [B]CC(C)C(C)C([B])C(C)C([B])C(C)C(C)C([B])C(C)CC. The molecule has 0 aliphatic heterocycles. The van der Waals surface area contributed by atoms with Crippen molar-refractivity contribution in [3.63, 3.8) is 0 Å². The van der Waals surface area contributed by atoms with E-state index in [-0.39, 0.29) is 23.4 Å². The van der Waals surface area contributed by atoms with Crippen LogP contribution in [0.2, 0.25) is 23.8 Å². The molecule has 4 heteroatoms. The third-order valence-corrected chi connectivity index (χ3v) is 6.44. The molecule has 118 valence electrons. The summed E-state index contributed by atoms with van der Waals surface area (Å²) in [7, 11) is 25.2. The minimum atomic E-state index is 0.0625. The summed E-state index contributed by atoms with van der Waals surface area (Å²) in [5.41, 5.74) is 0. The van der Waals surface area contributed by atoms with Crippen molar-refractivity contribution < 1.29 is 0 Å². The molecule has 0 aromatic rings. The Kier molecular flexibility index (Phi) is 10.3. The smallest absolute Gasteiger partial charge is 0.0706 e. The molecule has 0 aromatic heterocycles. The first-order valence-electron chi connectivity index (χ1n) is 9.06. The van der Waals surface area contributed by atoms with Gasteiger partial charge in [0.15, 0.2) is 0 Å². The van der Waals surface area contributed by atoms with Gasteiger partial charge in [0.1, 0.15) is 0 Å². The first-order valence-corrected chi connectivity index (χ1v) is 9.06. The van der Waals surface area contributed by atoms with E-state index in [0.29, 0.717) is 35.9 Å². The molecule has 0 N–H and O–H groups in total. The van der Waals surface area contributed by atoms with Crippen LogP contribution in [0.1, 0.15) is 54.9 Å². The van der Waals surface area contributed by atoms with Crippen LogP contribution < -0.4 is 0 Å². The normalized spacial score (nSPS) is 24.5. The van der Waals surface area contributed by atoms with Gasteiger partial charge in [-0.25, -0.2) is 0 Å². The van der Waals surface area contributed by atoms with Crippen molar-refractivity contribution in [2.75, 3.05) is 0 Å². The molecule has 0 bridgehead atoms. The lowest BCUT2D eigenvalue weighted by Crippen LogP contribution is -2.30. The monoisotopic (exact) mass is 294 g/mol. The fraction of sp³-hybridized carbons (Fsp3) is 1.00.